The summed E-state index contributed by atoms with van der Waals surface area (Å²) in [5.41, 5.74) is 0. The predicted octanol–water partition coefficient (Wildman–Crippen LogP) is 0.341. The molecule has 86 valence electrons. The maximum Gasteiger partial charge on any atom is 0.345 e. The van der Waals surface area contributed by atoms with Crippen LogP contribution in [-0.4, -0.2) is 38.4 Å². The Morgan fingerprint density at radius 1 is 1.20 bits per heavy atom. The molecule has 0 aromatic rings. The van der Waals surface area contributed by atoms with Gasteiger partial charge in [0.2, 0.25) is 0 Å². The van der Waals surface area contributed by atoms with Crippen molar-refractivity contribution in [1.82, 2.24) is 0 Å². The fraction of sp³-hybridized carbons (Fsp3) is 0.375. The largest absolute Gasteiger partial charge is 0.466 e. The Bertz CT molecular complexity index is 225. The molecule has 0 saturated heterocycles. The molecule has 0 bridgehead atoms. The van der Waals surface area contributed by atoms with Crippen molar-refractivity contribution in [3.8, 4) is 0 Å². The van der Waals surface area contributed by atoms with E-state index in [0.29, 0.717) is 0 Å². The summed E-state index contributed by atoms with van der Waals surface area (Å²) in [6, 6.07) is 0. The highest BCUT2D eigenvalue weighted by molar-refractivity contribution is 5.86. The first-order valence-electron chi connectivity index (χ1n) is 3.57. The van der Waals surface area contributed by atoms with Crippen LogP contribution in [0.25, 0.3) is 0 Å². The first-order valence-corrected chi connectivity index (χ1v) is 3.57. The molecule has 15 heavy (non-hydrogen) atoms. The topological polar surface area (TPSA) is 69.7 Å². The molecule has 0 unspecified atom stereocenters. The van der Waals surface area contributed by atoms with Crippen LogP contribution in [0, 0.1) is 0 Å². The zero-order valence-corrected chi connectivity index (χ0v) is 8.00. The highest BCUT2D eigenvalue weighted by Crippen LogP contribution is 1.82. The van der Waals surface area contributed by atoms with E-state index >= 15 is 0 Å². The van der Waals surface area contributed by atoms with Crippen LogP contribution in [-0.2, 0) is 23.9 Å². The van der Waals surface area contributed by atoms with Gasteiger partial charge in [-0.15, -0.1) is 0 Å². The van der Waals surface area contributed by atoms with Crippen molar-refractivity contribution < 1.29 is 32.6 Å². The molecule has 0 aliphatic heterocycles. The van der Waals surface area contributed by atoms with Crippen LogP contribution < -0.4 is 0 Å². The Labute approximate surface area is 84.7 Å². The molecule has 0 spiro atoms. The van der Waals surface area contributed by atoms with Gasteiger partial charge in [-0.05, 0) is 0 Å². The van der Waals surface area contributed by atoms with Crippen LogP contribution in [0.2, 0.25) is 0 Å². The number of hydrogen-bond donors (Lipinski definition) is 0. The molecule has 0 radical (unpaired) electrons. The van der Waals surface area contributed by atoms with Gasteiger partial charge in [0, 0.05) is 6.08 Å². The molecular weight excluding hydrogens is 214 g/mol. The van der Waals surface area contributed by atoms with E-state index < -0.39 is 31.3 Å². The molecule has 5 nitrogen and oxygen atoms in total. The van der Waals surface area contributed by atoms with E-state index in [0.717, 1.165) is 6.08 Å². The van der Waals surface area contributed by atoms with E-state index in [4.69, 9.17) is 0 Å². The molecule has 0 aromatic heterocycles. The molecule has 0 rings (SSSR count). The van der Waals surface area contributed by atoms with Crippen LogP contribution in [0.3, 0.4) is 0 Å². The maximum atomic E-state index is 11.1. The van der Waals surface area contributed by atoms with E-state index in [1.807, 2.05) is 0 Å². The monoisotopic (exact) mass is 224 g/mol. The zero-order valence-electron chi connectivity index (χ0n) is 8.00. The van der Waals surface area contributed by atoms with Crippen molar-refractivity contribution in [1.29, 1.82) is 0 Å². The van der Waals surface area contributed by atoms with Crippen LogP contribution in [0.1, 0.15) is 0 Å². The molecule has 0 heterocycles. The van der Waals surface area contributed by atoms with Crippen molar-refractivity contribution in [2.45, 2.75) is 0 Å². The average molecular weight is 224 g/mol. The number of methoxy groups -OCH3 is 1. The van der Waals surface area contributed by atoms with Crippen molar-refractivity contribution in [3.05, 3.63) is 12.7 Å². The Morgan fingerprint density at radius 2 is 1.60 bits per heavy atom. The minimum Gasteiger partial charge on any atom is -0.466 e. The van der Waals surface area contributed by atoms with Gasteiger partial charge in [0.1, 0.15) is 0 Å². The first kappa shape index (κ1) is 15.7. The van der Waals surface area contributed by atoms with Crippen LogP contribution >= 0.6 is 0 Å². The number of alkyl halides is 2. The highest BCUT2D eigenvalue weighted by atomic mass is 19.1. The maximum absolute atomic E-state index is 11.1. The third kappa shape index (κ3) is 12.2. The van der Waals surface area contributed by atoms with Crippen LogP contribution in [0.15, 0.2) is 12.7 Å². The lowest BCUT2D eigenvalue weighted by Gasteiger charge is -1.92. The highest BCUT2D eigenvalue weighted by Gasteiger charge is 2.07. The van der Waals surface area contributed by atoms with Gasteiger partial charge in [-0.1, -0.05) is 6.58 Å². The minimum atomic E-state index is -1.41. The number of halogens is 2. The summed E-state index contributed by atoms with van der Waals surface area (Å²) in [4.78, 5) is 29.4. The quantitative estimate of drug-likeness (QED) is 0.393. The van der Waals surface area contributed by atoms with Crippen molar-refractivity contribution in [3.63, 3.8) is 0 Å². The summed E-state index contributed by atoms with van der Waals surface area (Å²) in [6.45, 7) is 0.335. The third-order valence-electron chi connectivity index (χ3n) is 0.814. The van der Waals surface area contributed by atoms with Crippen LogP contribution in [0.5, 0.6) is 0 Å². The molecule has 0 saturated carbocycles. The smallest absolute Gasteiger partial charge is 0.345 e. The fourth-order valence-electron chi connectivity index (χ4n) is 0.265. The summed E-state index contributed by atoms with van der Waals surface area (Å²) >= 11 is 0. The number of esters is 3. The number of carbonyl (C=O) groups is 3. The van der Waals surface area contributed by atoms with Gasteiger partial charge < -0.3 is 9.47 Å². The lowest BCUT2D eigenvalue weighted by Crippen LogP contribution is -2.14. The predicted molar refractivity (Wildman–Crippen MR) is 45.3 cm³/mol. The standard InChI is InChI=1S/C4H4F2O3.C4H6O2/c5-1-3(7)9-4(8)2-6;1-3-4(5)6-2/h1-2H2;3H,1H2,2H3. The SMILES string of the molecule is C=CC(=O)OC.O=C(CF)OC(=O)CF. The van der Waals surface area contributed by atoms with Gasteiger partial charge in [0.15, 0.2) is 13.3 Å². The molecule has 0 aliphatic carbocycles. The normalized spacial score (nSPS) is 7.93. The molecule has 0 aromatic carbocycles. The molecule has 0 fully saturated rings. The second-order valence-corrected chi connectivity index (χ2v) is 1.84. The van der Waals surface area contributed by atoms with E-state index in [2.05, 4.69) is 16.1 Å². The summed E-state index contributed by atoms with van der Waals surface area (Å²) in [6.07, 6.45) is 1.11. The Balaban J connectivity index is 0. The van der Waals surface area contributed by atoms with E-state index in [1.165, 1.54) is 7.11 Å². The van der Waals surface area contributed by atoms with Gasteiger partial charge in [-0.2, -0.15) is 0 Å². The van der Waals surface area contributed by atoms with E-state index in [1.54, 1.807) is 0 Å². The zero-order chi connectivity index (χ0) is 12.3. The summed E-state index contributed by atoms with van der Waals surface area (Å²) in [5.74, 6) is -3.12. The fourth-order valence-corrected chi connectivity index (χ4v) is 0.265. The number of ether oxygens (including phenoxy) is 2. The van der Waals surface area contributed by atoms with Gasteiger partial charge in [0.25, 0.3) is 0 Å². The molecule has 0 N–H and O–H groups in total. The van der Waals surface area contributed by atoms with Gasteiger partial charge >= 0.3 is 17.9 Å². The minimum absolute atomic E-state index is 0.394. The van der Waals surface area contributed by atoms with Crippen LogP contribution in [0.4, 0.5) is 8.78 Å². The van der Waals surface area contributed by atoms with E-state index in [-0.39, 0.29) is 0 Å². The first-order chi connectivity index (χ1) is 7.01. The molecule has 7 heteroatoms. The van der Waals surface area contributed by atoms with Gasteiger partial charge in [-0.25, -0.2) is 23.2 Å². The van der Waals surface area contributed by atoms with Gasteiger partial charge in [-0.3, -0.25) is 0 Å². The Kier molecular flexibility index (Phi) is 10.8. The number of hydrogen-bond acceptors (Lipinski definition) is 5. The second-order valence-electron chi connectivity index (χ2n) is 1.84. The second kappa shape index (κ2) is 10.3. The number of carbonyl (C=O) groups excluding carboxylic acids is 3. The summed E-state index contributed by atoms with van der Waals surface area (Å²) in [5, 5.41) is 0. The van der Waals surface area contributed by atoms with Gasteiger partial charge in [0.05, 0.1) is 7.11 Å². The average Bonchev–Trinajstić information content (AvgIpc) is 2.28. The summed E-state index contributed by atoms with van der Waals surface area (Å²) < 4.78 is 29.9. The molecule has 0 aliphatic rings. The number of rotatable bonds is 3. The Hall–Kier alpha value is -1.79. The lowest BCUT2D eigenvalue weighted by molar-refractivity contribution is -0.160. The lowest BCUT2D eigenvalue weighted by atomic mass is 10.7. The molecule has 0 amide bonds. The molecular formula is C8H10F2O5. The third-order valence-corrected chi connectivity index (χ3v) is 0.814. The van der Waals surface area contributed by atoms with Crippen molar-refractivity contribution >= 4 is 17.9 Å². The summed E-state index contributed by atoms with van der Waals surface area (Å²) in [7, 11) is 1.31. The van der Waals surface area contributed by atoms with E-state index in [9.17, 15) is 23.2 Å². The molecule has 0 atom stereocenters. The van der Waals surface area contributed by atoms with Crippen molar-refractivity contribution in [2.24, 2.45) is 0 Å². The Morgan fingerprint density at radius 3 is 1.73 bits per heavy atom. The van der Waals surface area contributed by atoms with Crippen molar-refractivity contribution in [2.75, 3.05) is 20.5 Å².